The van der Waals surface area contributed by atoms with Gasteiger partial charge in [-0.2, -0.15) is 0 Å². The molecule has 0 unspecified atom stereocenters. The third-order valence-corrected chi connectivity index (χ3v) is 5.64. The maximum Gasteiger partial charge on any atom is 0.243 e. The van der Waals surface area contributed by atoms with Gasteiger partial charge in [0.05, 0.1) is 13.0 Å². The van der Waals surface area contributed by atoms with Crippen LogP contribution in [0.2, 0.25) is 5.02 Å². The second-order valence-corrected chi connectivity index (χ2v) is 7.80. The first-order valence-electron chi connectivity index (χ1n) is 10.0. The van der Waals surface area contributed by atoms with E-state index in [4.69, 9.17) is 11.6 Å². The highest BCUT2D eigenvalue weighted by molar-refractivity contribution is 6.30. The van der Waals surface area contributed by atoms with Crippen molar-refractivity contribution in [2.45, 2.75) is 19.4 Å². The average Bonchev–Trinajstić information content (AvgIpc) is 2.70. The van der Waals surface area contributed by atoms with E-state index in [9.17, 15) is 14.4 Å². The van der Waals surface area contributed by atoms with Gasteiger partial charge in [0.2, 0.25) is 17.7 Å². The average molecular weight is 422 g/mol. The highest BCUT2D eigenvalue weighted by atomic mass is 35.5. The molecular weight excluding hydrogens is 394 g/mol. The second-order valence-electron chi connectivity index (χ2n) is 7.37. The van der Waals surface area contributed by atoms with Crippen LogP contribution in [0.4, 0.5) is 5.69 Å². The van der Waals surface area contributed by atoms with Crippen LogP contribution in [0.1, 0.15) is 13.3 Å². The van der Waals surface area contributed by atoms with Crippen LogP contribution in [0.25, 0.3) is 0 Å². The lowest BCUT2D eigenvalue weighted by Gasteiger charge is -2.38. The lowest BCUT2D eigenvalue weighted by molar-refractivity contribution is -0.145. The van der Waals surface area contributed by atoms with Crippen molar-refractivity contribution in [1.82, 2.24) is 20.0 Å². The summed E-state index contributed by atoms with van der Waals surface area (Å²) in [4.78, 5) is 43.8. The van der Waals surface area contributed by atoms with Crippen molar-refractivity contribution < 1.29 is 14.4 Å². The van der Waals surface area contributed by atoms with Crippen molar-refractivity contribution in [3.05, 3.63) is 29.3 Å². The van der Waals surface area contributed by atoms with Crippen LogP contribution in [0, 0.1) is 0 Å². The number of piperazine rings is 2. The van der Waals surface area contributed by atoms with Crippen molar-refractivity contribution in [1.29, 1.82) is 0 Å². The molecule has 0 aromatic heterocycles. The number of benzene rings is 1. The van der Waals surface area contributed by atoms with E-state index in [0.29, 0.717) is 23.8 Å². The van der Waals surface area contributed by atoms with Crippen LogP contribution in [-0.4, -0.2) is 90.8 Å². The Hall–Kier alpha value is -2.16. The fraction of sp³-hybridized carbons (Fsp3) is 0.550. The van der Waals surface area contributed by atoms with E-state index >= 15 is 0 Å². The Labute approximate surface area is 176 Å². The summed E-state index contributed by atoms with van der Waals surface area (Å²) in [5, 5.41) is 6.02. The van der Waals surface area contributed by atoms with Crippen molar-refractivity contribution >= 4 is 35.0 Å². The summed E-state index contributed by atoms with van der Waals surface area (Å²) in [6.07, 6.45) is -0.0896. The Bertz CT molecular complexity index is 751. The van der Waals surface area contributed by atoms with Gasteiger partial charge >= 0.3 is 0 Å². The predicted octanol–water partition coefficient (Wildman–Crippen LogP) is 0.633. The standard InChI is InChI=1S/C20H28ClN5O3/c1-2-24-8-10-25(11-9-24)14-19(28)26-7-6-22-20(29)17(26)13-18(27)23-16-5-3-4-15(21)12-16/h3-5,12,17H,2,6-11,13-14H2,1H3,(H,22,29)(H,23,27)/t17-/m1/s1. The summed E-state index contributed by atoms with van der Waals surface area (Å²) in [5.74, 6) is -0.726. The Kier molecular flexibility index (Phi) is 7.46. The third-order valence-electron chi connectivity index (χ3n) is 5.41. The first kappa shape index (κ1) is 21.5. The molecule has 0 saturated carbocycles. The van der Waals surface area contributed by atoms with Crippen LogP contribution in [0.15, 0.2) is 24.3 Å². The van der Waals surface area contributed by atoms with Gasteiger partial charge in [-0.15, -0.1) is 0 Å². The van der Waals surface area contributed by atoms with Crippen LogP contribution in [0.5, 0.6) is 0 Å². The number of hydrogen-bond acceptors (Lipinski definition) is 5. The minimum Gasteiger partial charge on any atom is -0.353 e. The molecule has 1 aromatic carbocycles. The number of carbonyl (C=O) groups excluding carboxylic acids is 3. The normalized spacial score (nSPS) is 21.0. The van der Waals surface area contributed by atoms with Crippen molar-refractivity contribution in [2.75, 3.05) is 57.7 Å². The fourth-order valence-electron chi connectivity index (χ4n) is 3.72. The number of halogens is 1. The third kappa shape index (κ3) is 5.91. The van der Waals surface area contributed by atoms with Crippen LogP contribution in [-0.2, 0) is 14.4 Å². The van der Waals surface area contributed by atoms with Gasteiger partial charge in [0, 0.05) is 50.0 Å². The van der Waals surface area contributed by atoms with Crippen LogP contribution < -0.4 is 10.6 Å². The summed E-state index contributed by atoms with van der Waals surface area (Å²) < 4.78 is 0. The first-order chi connectivity index (χ1) is 14.0. The number of carbonyl (C=O) groups is 3. The molecule has 0 aliphatic carbocycles. The molecule has 2 fully saturated rings. The number of nitrogens with zero attached hydrogens (tertiary/aromatic N) is 3. The summed E-state index contributed by atoms with van der Waals surface area (Å²) in [6, 6.07) is 6.02. The number of nitrogens with one attached hydrogen (secondary N) is 2. The molecule has 3 rings (SSSR count). The van der Waals surface area contributed by atoms with Gasteiger partial charge in [-0.05, 0) is 24.7 Å². The molecule has 0 bridgehead atoms. The SMILES string of the molecule is CCN1CCN(CC(=O)N2CCNC(=O)[C@H]2CC(=O)Nc2cccc(Cl)c2)CC1. The molecule has 0 spiro atoms. The van der Waals surface area contributed by atoms with Gasteiger partial charge in [0.25, 0.3) is 0 Å². The molecule has 1 aromatic rings. The Morgan fingerprint density at radius 1 is 1.17 bits per heavy atom. The molecule has 1 atom stereocenters. The molecule has 2 saturated heterocycles. The molecule has 9 heteroatoms. The molecule has 0 radical (unpaired) electrons. The number of anilines is 1. The van der Waals surface area contributed by atoms with E-state index in [1.165, 1.54) is 0 Å². The summed E-state index contributed by atoms with van der Waals surface area (Å²) in [6.45, 7) is 7.78. The van der Waals surface area contributed by atoms with E-state index in [-0.39, 0.29) is 30.7 Å². The minimum atomic E-state index is -0.799. The quantitative estimate of drug-likeness (QED) is 0.704. The largest absolute Gasteiger partial charge is 0.353 e. The molecule has 2 N–H and O–H groups in total. The van der Waals surface area contributed by atoms with Gasteiger partial charge in [-0.25, -0.2) is 0 Å². The number of hydrogen-bond donors (Lipinski definition) is 2. The zero-order chi connectivity index (χ0) is 20.8. The van der Waals surface area contributed by atoms with E-state index in [0.717, 1.165) is 32.7 Å². The highest BCUT2D eigenvalue weighted by Crippen LogP contribution is 2.17. The van der Waals surface area contributed by atoms with E-state index in [1.807, 2.05) is 0 Å². The summed E-state index contributed by atoms with van der Waals surface area (Å²) in [7, 11) is 0. The maximum absolute atomic E-state index is 12.9. The molecule has 158 valence electrons. The van der Waals surface area contributed by atoms with Gasteiger partial charge < -0.3 is 20.4 Å². The molecule has 3 amide bonds. The van der Waals surface area contributed by atoms with Gasteiger partial charge in [-0.3, -0.25) is 19.3 Å². The van der Waals surface area contributed by atoms with E-state index < -0.39 is 6.04 Å². The van der Waals surface area contributed by atoms with Crippen molar-refractivity contribution in [3.8, 4) is 0 Å². The number of rotatable bonds is 6. The number of likely N-dealkylation sites (N-methyl/N-ethyl adjacent to an activating group) is 1. The lowest BCUT2D eigenvalue weighted by atomic mass is 10.1. The van der Waals surface area contributed by atoms with Gasteiger partial charge in [-0.1, -0.05) is 24.6 Å². The van der Waals surface area contributed by atoms with Crippen molar-refractivity contribution in [3.63, 3.8) is 0 Å². The van der Waals surface area contributed by atoms with Crippen LogP contribution >= 0.6 is 11.6 Å². The zero-order valence-corrected chi connectivity index (χ0v) is 17.5. The molecule has 2 aliphatic rings. The van der Waals surface area contributed by atoms with Gasteiger partial charge in [0.15, 0.2) is 0 Å². The molecule has 29 heavy (non-hydrogen) atoms. The summed E-state index contributed by atoms with van der Waals surface area (Å²) >= 11 is 5.94. The fourth-order valence-corrected chi connectivity index (χ4v) is 3.91. The van der Waals surface area contributed by atoms with Crippen LogP contribution in [0.3, 0.4) is 0 Å². The monoisotopic (exact) mass is 421 g/mol. The molecule has 2 aliphatic heterocycles. The lowest BCUT2D eigenvalue weighted by Crippen LogP contribution is -2.60. The number of amides is 3. The molecule has 2 heterocycles. The summed E-state index contributed by atoms with van der Waals surface area (Å²) in [5.41, 5.74) is 0.561. The predicted molar refractivity (Wildman–Crippen MR) is 112 cm³/mol. The van der Waals surface area contributed by atoms with E-state index in [1.54, 1.807) is 29.2 Å². The molecule has 8 nitrogen and oxygen atoms in total. The highest BCUT2D eigenvalue weighted by Gasteiger charge is 2.35. The smallest absolute Gasteiger partial charge is 0.243 e. The Morgan fingerprint density at radius 3 is 2.59 bits per heavy atom. The maximum atomic E-state index is 12.9. The van der Waals surface area contributed by atoms with Crippen molar-refractivity contribution in [2.24, 2.45) is 0 Å². The molecular formula is C20H28ClN5O3. The Morgan fingerprint density at radius 2 is 1.90 bits per heavy atom. The minimum absolute atomic E-state index is 0.0896. The van der Waals surface area contributed by atoms with E-state index in [2.05, 4.69) is 27.4 Å². The van der Waals surface area contributed by atoms with Gasteiger partial charge in [0.1, 0.15) is 6.04 Å². The first-order valence-corrected chi connectivity index (χ1v) is 10.4. The topological polar surface area (TPSA) is 85.0 Å². The zero-order valence-electron chi connectivity index (χ0n) is 16.7. The Balaban J connectivity index is 1.58. The second kappa shape index (κ2) is 10.0.